The molecular weight excluding hydrogens is 223 g/mol. The van der Waals surface area contributed by atoms with Crippen molar-refractivity contribution in [3.05, 3.63) is 29.0 Å². The Labute approximate surface area is 78.6 Å². The van der Waals surface area contributed by atoms with Gasteiger partial charge in [-0.25, -0.2) is 4.39 Å². The number of hydrogen-bond acceptors (Lipinski definition) is 2. The lowest BCUT2D eigenvalue weighted by atomic mass is 10.2. The zero-order valence-corrected chi connectivity index (χ0v) is 8.15. The molecule has 0 aromatic carbocycles. The van der Waals surface area contributed by atoms with Gasteiger partial charge in [0.2, 0.25) is 0 Å². The highest BCUT2D eigenvalue weighted by molar-refractivity contribution is 9.10. The van der Waals surface area contributed by atoms with Crippen LogP contribution in [0, 0.1) is 0 Å². The highest BCUT2D eigenvalue weighted by atomic mass is 79.9. The molecule has 64 valence electrons. The van der Waals surface area contributed by atoms with Gasteiger partial charge >= 0.3 is 0 Å². The highest BCUT2D eigenvalue weighted by Crippen LogP contribution is 2.29. The van der Waals surface area contributed by atoms with Gasteiger partial charge in [0.15, 0.2) is 0 Å². The molecule has 1 aromatic heterocycles. The Bertz CT molecular complexity index is 312. The third-order valence-electron chi connectivity index (χ3n) is 1.44. The molecule has 0 saturated heterocycles. The summed E-state index contributed by atoms with van der Waals surface area (Å²) in [5, 5.41) is 2.82. The molecule has 0 aliphatic carbocycles. The lowest BCUT2D eigenvalue weighted by molar-refractivity contribution is 0.762. The number of halogens is 2. The maximum Gasteiger partial charge on any atom is 0.126 e. The van der Waals surface area contributed by atoms with Crippen molar-refractivity contribution in [1.82, 2.24) is 4.98 Å². The zero-order chi connectivity index (χ0) is 9.14. The molecule has 0 bridgehead atoms. The van der Waals surface area contributed by atoms with Crippen molar-refractivity contribution in [2.75, 3.05) is 12.4 Å². The van der Waals surface area contributed by atoms with E-state index in [4.69, 9.17) is 0 Å². The monoisotopic (exact) mass is 230 g/mol. The van der Waals surface area contributed by atoms with Gasteiger partial charge in [0.25, 0.3) is 0 Å². The largest absolute Gasteiger partial charge is 0.386 e. The van der Waals surface area contributed by atoms with E-state index in [-0.39, 0.29) is 0 Å². The Morgan fingerprint density at radius 2 is 2.33 bits per heavy atom. The maximum absolute atomic E-state index is 12.8. The van der Waals surface area contributed by atoms with Crippen LogP contribution in [0.3, 0.4) is 0 Å². The third kappa shape index (κ3) is 1.64. The van der Waals surface area contributed by atoms with Crippen LogP contribution in [0.1, 0.15) is 5.56 Å². The Hall–Kier alpha value is -0.900. The first kappa shape index (κ1) is 9.19. The number of aromatic nitrogens is 1. The van der Waals surface area contributed by atoms with Crippen molar-refractivity contribution in [2.24, 2.45) is 0 Å². The van der Waals surface area contributed by atoms with Gasteiger partial charge in [-0.2, -0.15) is 0 Å². The average molecular weight is 231 g/mol. The summed E-state index contributed by atoms with van der Waals surface area (Å²) < 4.78 is 13.4. The molecule has 0 amide bonds. The zero-order valence-electron chi connectivity index (χ0n) is 6.56. The first-order valence-electron chi connectivity index (χ1n) is 3.33. The molecule has 1 aromatic rings. The molecule has 1 N–H and O–H groups in total. The number of nitrogens with zero attached hydrogens (tertiary/aromatic N) is 1. The minimum atomic E-state index is -0.478. The molecular formula is C8H8BrFN2. The summed E-state index contributed by atoms with van der Waals surface area (Å²) in [5.41, 5.74) is 1.05. The lowest BCUT2D eigenvalue weighted by Crippen LogP contribution is -1.94. The highest BCUT2D eigenvalue weighted by Gasteiger charge is 2.08. The molecule has 0 saturated carbocycles. The van der Waals surface area contributed by atoms with E-state index >= 15 is 0 Å². The predicted molar refractivity (Wildman–Crippen MR) is 51.6 cm³/mol. The van der Waals surface area contributed by atoms with E-state index in [2.05, 4.69) is 32.8 Å². The fourth-order valence-corrected chi connectivity index (χ4v) is 1.45. The van der Waals surface area contributed by atoms with Crippen LogP contribution in [0.2, 0.25) is 0 Å². The summed E-state index contributed by atoms with van der Waals surface area (Å²) in [6, 6.07) is 0. The molecule has 1 heterocycles. The summed E-state index contributed by atoms with van der Waals surface area (Å²) >= 11 is 3.19. The second-order valence-electron chi connectivity index (χ2n) is 2.20. The van der Waals surface area contributed by atoms with Crippen LogP contribution in [-0.4, -0.2) is 12.0 Å². The molecule has 2 nitrogen and oxygen atoms in total. The van der Waals surface area contributed by atoms with E-state index in [9.17, 15) is 4.39 Å². The minimum absolute atomic E-state index is 0.424. The van der Waals surface area contributed by atoms with Crippen LogP contribution in [0.4, 0.5) is 10.1 Å². The Morgan fingerprint density at radius 1 is 1.67 bits per heavy atom. The Balaban J connectivity index is 3.29. The number of rotatable bonds is 2. The normalized spacial score (nSPS) is 9.58. The molecule has 0 radical (unpaired) electrons. The summed E-state index contributed by atoms with van der Waals surface area (Å²) in [6.07, 6.45) is 3.08. The molecule has 0 aliphatic heterocycles. The van der Waals surface area contributed by atoms with Crippen molar-refractivity contribution in [3.8, 4) is 0 Å². The van der Waals surface area contributed by atoms with Gasteiger partial charge in [-0.15, -0.1) is 0 Å². The molecule has 4 heteroatoms. The summed E-state index contributed by atoms with van der Waals surface area (Å²) in [5.74, 6) is -0.478. The lowest BCUT2D eigenvalue weighted by Gasteiger charge is -2.07. The molecule has 1 rings (SSSR count). The van der Waals surface area contributed by atoms with E-state index in [0.29, 0.717) is 15.7 Å². The molecule has 12 heavy (non-hydrogen) atoms. The van der Waals surface area contributed by atoms with Gasteiger partial charge in [0.1, 0.15) is 5.83 Å². The first-order chi connectivity index (χ1) is 5.66. The van der Waals surface area contributed by atoms with Crippen LogP contribution in [-0.2, 0) is 0 Å². The predicted octanol–water partition coefficient (Wildman–Crippen LogP) is 2.83. The second-order valence-corrected chi connectivity index (χ2v) is 3.05. The molecule has 0 unspecified atom stereocenters. The average Bonchev–Trinajstić information content (AvgIpc) is 2.03. The molecule has 0 aliphatic rings. The van der Waals surface area contributed by atoms with Crippen molar-refractivity contribution in [3.63, 3.8) is 0 Å². The van der Waals surface area contributed by atoms with Crippen LogP contribution in [0.25, 0.3) is 5.83 Å². The Kier molecular flexibility index (Phi) is 2.81. The van der Waals surface area contributed by atoms with Gasteiger partial charge in [0.05, 0.1) is 17.4 Å². The van der Waals surface area contributed by atoms with E-state index in [1.54, 1.807) is 13.2 Å². The summed E-state index contributed by atoms with van der Waals surface area (Å²) in [4.78, 5) is 3.88. The van der Waals surface area contributed by atoms with Gasteiger partial charge in [0, 0.05) is 17.7 Å². The first-order valence-corrected chi connectivity index (χ1v) is 4.12. The van der Waals surface area contributed by atoms with Crippen LogP contribution >= 0.6 is 15.9 Å². The number of pyridine rings is 1. The van der Waals surface area contributed by atoms with Gasteiger partial charge < -0.3 is 5.32 Å². The Morgan fingerprint density at radius 3 is 2.75 bits per heavy atom. The van der Waals surface area contributed by atoms with E-state index < -0.39 is 5.83 Å². The van der Waals surface area contributed by atoms with Crippen LogP contribution in [0.15, 0.2) is 23.4 Å². The van der Waals surface area contributed by atoms with Crippen molar-refractivity contribution in [2.45, 2.75) is 0 Å². The third-order valence-corrected chi connectivity index (χ3v) is 2.04. The van der Waals surface area contributed by atoms with E-state index in [1.807, 2.05) is 0 Å². The van der Waals surface area contributed by atoms with Gasteiger partial charge in [-0.1, -0.05) is 6.58 Å². The summed E-state index contributed by atoms with van der Waals surface area (Å²) in [7, 11) is 1.70. The maximum atomic E-state index is 12.8. The van der Waals surface area contributed by atoms with Gasteiger partial charge in [-0.3, -0.25) is 4.98 Å². The van der Waals surface area contributed by atoms with Crippen LogP contribution in [0.5, 0.6) is 0 Å². The minimum Gasteiger partial charge on any atom is -0.386 e. The topological polar surface area (TPSA) is 24.9 Å². The quantitative estimate of drug-likeness (QED) is 0.846. The van der Waals surface area contributed by atoms with Crippen LogP contribution < -0.4 is 5.32 Å². The molecule has 0 spiro atoms. The van der Waals surface area contributed by atoms with Gasteiger partial charge in [-0.05, 0) is 15.9 Å². The van der Waals surface area contributed by atoms with Crippen molar-refractivity contribution >= 4 is 27.4 Å². The number of nitrogens with one attached hydrogen (secondary N) is 1. The SMILES string of the molecule is C=C(F)c1c(Br)cncc1NC. The summed E-state index contributed by atoms with van der Waals surface area (Å²) in [6.45, 7) is 3.23. The molecule has 0 atom stereocenters. The molecule has 0 fully saturated rings. The fourth-order valence-electron chi connectivity index (χ4n) is 0.900. The van der Waals surface area contributed by atoms with E-state index in [1.165, 1.54) is 6.20 Å². The van der Waals surface area contributed by atoms with E-state index in [0.717, 1.165) is 0 Å². The number of hydrogen-bond donors (Lipinski definition) is 1. The fraction of sp³-hybridized carbons (Fsp3) is 0.125. The van der Waals surface area contributed by atoms with Crippen molar-refractivity contribution < 1.29 is 4.39 Å². The van der Waals surface area contributed by atoms with Crippen molar-refractivity contribution in [1.29, 1.82) is 0 Å². The second kappa shape index (κ2) is 3.67. The number of anilines is 1. The smallest absolute Gasteiger partial charge is 0.126 e. The standard InChI is InChI=1S/C8H8BrFN2/c1-5(10)8-6(9)3-12-4-7(8)11-2/h3-4,11H,1H2,2H3.